The van der Waals surface area contributed by atoms with Crippen molar-refractivity contribution in [2.75, 3.05) is 6.61 Å². The second-order valence-corrected chi connectivity index (χ2v) is 10.1. The van der Waals surface area contributed by atoms with Crippen molar-refractivity contribution in [1.29, 1.82) is 0 Å². The molecule has 0 aliphatic heterocycles. The summed E-state index contributed by atoms with van der Waals surface area (Å²) in [6, 6.07) is -0.649. The largest absolute Gasteiger partial charge is 0.469 e. The van der Waals surface area contributed by atoms with Crippen LogP contribution in [0, 0.1) is 11.3 Å². The molecule has 0 bridgehead atoms. The van der Waals surface area contributed by atoms with Gasteiger partial charge in [-0.2, -0.15) is 5.10 Å². The standard InChI is InChI=1S/C18H24N5O6P/c1-18(2,3)13(9-29-30(26,27)28)20-17(24)15-12-7-10-6-11(10)16(12)23(21-15)14-8-22(25)5-4-19-14/h4-5,8,10-11,13H,6-7,9H2,1-3H3,(H3-,19,20,24,25,26,27,28)/p+1/t10-,11-,13-/m1/s1. The smallest absolute Gasteiger partial charge is 0.345 e. The summed E-state index contributed by atoms with van der Waals surface area (Å²) in [6.45, 7) is 5.19. The highest BCUT2D eigenvalue weighted by Gasteiger charge is 2.50. The quantitative estimate of drug-likeness (QED) is 0.292. The number of phosphoric ester groups is 1. The van der Waals surface area contributed by atoms with E-state index >= 15 is 0 Å². The van der Waals surface area contributed by atoms with Gasteiger partial charge in [-0.1, -0.05) is 20.8 Å². The zero-order chi connectivity index (χ0) is 21.8. The van der Waals surface area contributed by atoms with Gasteiger partial charge < -0.3 is 15.1 Å². The summed E-state index contributed by atoms with van der Waals surface area (Å²) in [5, 5.41) is 17.0. The van der Waals surface area contributed by atoms with Gasteiger partial charge in [-0.25, -0.2) is 14.2 Å². The molecule has 11 nitrogen and oxygen atoms in total. The van der Waals surface area contributed by atoms with Gasteiger partial charge in [-0.15, -0.1) is 0 Å². The number of carbonyl (C=O) groups is 1. The first-order valence-corrected chi connectivity index (χ1v) is 11.2. The van der Waals surface area contributed by atoms with E-state index in [2.05, 4.69) is 19.9 Å². The monoisotopic (exact) mass is 438 g/mol. The number of amides is 1. The number of carbonyl (C=O) groups excluding carboxylic acids is 1. The van der Waals surface area contributed by atoms with E-state index in [4.69, 9.17) is 9.79 Å². The van der Waals surface area contributed by atoms with Gasteiger partial charge in [0.2, 0.25) is 12.0 Å². The Hall–Kier alpha value is -2.33. The molecule has 30 heavy (non-hydrogen) atoms. The van der Waals surface area contributed by atoms with Crippen LogP contribution in [0.1, 0.15) is 54.9 Å². The van der Waals surface area contributed by atoms with Crippen LogP contribution in [0.5, 0.6) is 0 Å². The van der Waals surface area contributed by atoms with Crippen LogP contribution in [0.2, 0.25) is 0 Å². The minimum atomic E-state index is -4.67. The average molecular weight is 438 g/mol. The minimum Gasteiger partial charge on any atom is -0.345 e. The molecule has 4 N–H and O–H groups in total. The summed E-state index contributed by atoms with van der Waals surface area (Å²) in [7, 11) is -4.67. The van der Waals surface area contributed by atoms with Crippen LogP contribution >= 0.6 is 7.82 Å². The Morgan fingerprint density at radius 2 is 2.20 bits per heavy atom. The van der Waals surface area contributed by atoms with Crippen molar-refractivity contribution in [3.05, 3.63) is 35.5 Å². The van der Waals surface area contributed by atoms with Crippen molar-refractivity contribution in [2.24, 2.45) is 11.3 Å². The summed E-state index contributed by atoms with van der Waals surface area (Å²) in [5.41, 5.74) is 1.54. The maximum atomic E-state index is 13.1. The van der Waals surface area contributed by atoms with Gasteiger partial charge in [0.15, 0.2) is 5.69 Å². The van der Waals surface area contributed by atoms with Crippen molar-refractivity contribution < 1.29 is 33.6 Å². The third kappa shape index (κ3) is 4.11. The van der Waals surface area contributed by atoms with E-state index in [1.54, 1.807) is 4.68 Å². The van der Waals surface area contributed by atoms with Gasteiger partial charge in [-0.05, 0) is 24.2 Å². The third-order valence-corrected chi connectivity index (χ3v) is 6.11. The highest BCUT2D eigenvalue weighted by atomic mass is 31.2. The number of nitrogens with one attached hydrogen (secondary N) is 1. The summed E-state index contributed by atoms with van der Waals surface area (Å²) in [5.74, 6) is 0.769. The van der Waals surface area contributed by atoms with Crippen LogP contribution in [-0.4, -0.2) is 48.3 Å². The molecule has 1 saturated carbocycles. The number of fused-ring (bicyclic) bond motifs is 3. The molecule has 2 aromatic heterocycles. The van der Waals surface area contributed by atoms with E-state index in [1.807, 2.05) is 20.8 Å². The van der Waals surface area contributed by atoms with E-state index in [0.717, 1.165) is 28.8 Å². The van der Waals surface area contributed by atoms with Crippen LogP contribution in [0.15, 0.2) is 18.6 Å². The molecular weight excluding hydrogens is 413 g/mol. The second-order valence-electron chi connectivity index (χ2n) is 8.90. The Balaban J connectivity index is 1.64. The molecule has 12 heteroatoms. The lowest BCUT2D eigenvalue weighted by atomic mass is 9.87. The number of aromatic nitrogens is 4. The van der Waals surface area contributed by atoms with Gasteiger partial charge in [0.25, 0.3) is 12.1 Å². The lowest BCUT2D eigenvalue weighted by Gasteiger charge is -2.31. The Morgan fingerprint density at radius 1 is 1.47 bits per heavy atom. The van der Waals surface area contributed by atoms with Crippen LogP contribution in [0.3, 0.4) is 0 Å². The molecule has 162 valence electrons. The van der Waals surface area contributed by atoms with E-state index in [1.165, 1.54) is 18.6 Å². The van der Waals surface area contributed by atoms with Gasteiger partial charge in [0.1, 0.15) is 0 Å². The summed E-state index contributed by atoms with van der Waals surface area (Å²) in [6.07, 6.45) is 6.02. The molecule has 2 heterocycles. The summed E-state index contributed by atoms with van der Waals surface area (Å²) >= 11 is 0. The minimum absolute atomic E-state index is 0.262. The normalized spacial score (nSPS) is 21.1. The highest BCUT2D eigenvalue weighted by molar-refractivity contribution is 7.46. The van der Waals surface area contributed by atoms with Crippen molar-refractivity contribution in [3.63, 3.8) is 0 Å². The molecular formula is C18H25N5O6P+. The Kier molecular flexibility index (Phi) is 4.97. The Bertz CT molecular complexity index is 1040. The topological polar surface area (TPSA) is 151 Å². The predicted molar refractivity (Wildman–Crippen MR) is 102 cm³/mol. The van der Waals surface area contributed by atoms with Crippen molar-refractivity contribution in [3.8, 4) is 5.82 Å². The Morgan fingerprint density at radius 3 is 2.83 bits per heavy atom. The maximum absolute atomic E-state index is 13.1. The zero-order valence-corrected chi connectivity index (χ0v) is 17.8. The van der Waals surface area contributed by atoms with Gasteiger partial charge in [0.05, 0.1) is 24.5 Å². The van der Waals surface area contributed by atoms with Crippen LogP contribution < -0.4 is 10.0 Å². The fraction of sp³-hybridized carbons (Fsp3) is 0.556. The molecule has 0 unspecified atom stereocenters. The zero-order valence-electron chi connectivity index (χ0n) is 16.9. The van der Waals surface area contributed by atoms with Crippen molar-refractivity contribution in [1.82, 2.24) is 20.1 Å². The van der Waals surface area contributed by atoms with E-state index < -0.39 is 25.2 Å². The molecule has 0 radical (unpaired) electrons. The van der Waals surface area contributed by atoms with E-state index in [-0.39, 0.29) is 12.3 Å². The number of nitrogens with zero attached hydrogens (tertiary/aromatic N) is 4. The lowest BCUT2D eigenvalue weighted by molar-refractivity contribution is -0.904. The molecule has 1 fully saturated rings. The SMILES string of the molecule is CC(C)(C)[C@@H](COP(=O)(O)O)NC(=O)c1nn(-c2c[n+](O)ccn2)c2c1C[C@H]1C[C@@H]21. The number of hydrogen-bond acceptors (Lipinski definition) is 6. The maximum Gasteiger partial charge on any atom is 0.469 e. The first-order chi connectivity index (χ1) is 13.9. The second kappa shape index (κ2) is 7.12. The van der Waals surface area contributed by atoms with E-state index in [0.29, 0.717) is 17.7 Å². The van der Waals surface area contributed by atoms with Gasteiger partial charge in [-0.3, -0.25) is 14.5 Å². The first kappa shape index (κ1) is 20.9. The average Bonchev–Trinajstić information content (AvgIpc) is 3.12. The lowest BCUT2D eigenvalue weighted by Crippen LogP contribution is -2.47. The fourth-order valence-electron chi connectivity index (χ4n) is 3.86. The third-order valence-electron chi connectivity index (χ3n) is 5.63. The molecule has 0 aromatic carbocycles. The number of rotatable bonds is 6. The fourth-order valence-corrected chi connectivity index (χ4v) is 4.20. The molecule has 2 aliphatic rings. The molecule has 2 aromatic rings. The summed E-state index contributed by atoms with van der Waals surface area (Å²) in [4.78, 5) is 35.4. The van der Waals surface area contributed by atoms with Gasteiger partial charge in [0, 0.05) is 16.2 Å². The highest BCUT2D eigenvalue weighted by Crippen LogP contribution is 2.57. The van der Waals surface area contributed by atoms with Crippen LogP contribution in [0.4, 0.5) is 0 Å². The number of phosphoric acid groups is 1. The molecule has 4 rings (SSSR count). The molecule has 0 saturated heterocycles. The number of hydrogen-bond donors (Lipinski definition) is 4. The molecule has 3 atom stereocenters. The van der Waals surface area contributed by atoms with Gasteiger partial charge >= 0.3 is 7.82 Å². The van der Waals surface area contributed by atoms with Crippen molar-refractivity contribution >= 4 is 13.7 Å². The van der Waals surface area contributed by atoms with E-state index in [9.17, 15) is 14.6 Å². The Labute approximate surface area is 172 Å². The summed E-state index contributed by atoms with van der Waals surface area (Å²) < 4.78 is 18.2. The van der Waals surface area contributed by atoms with Crippen LogP contribution in [0.25, 0.3) is 5.82 Å². The van der Waals surface area contributed by atoms with Crippen molar-refractivity contribution in [2.45, 2.75) is 45.6 Å². The molecule has 0 spiro atoms. The molecule has 1 amide bonds. The molecule has 2 aliphatic carbocycles. The van der Waals surface area contributed by atoms with Crippen LogP contribution in [-0.2, 0) is 15.5 Å². The first-order valence-electron chi connectivity index (χ1n) is 9.63. The predicted octanol–water partition coefficient (Wildman–Crippen LogP) is 0.706.